The van der Waals surface area contributed by atoms with Gasteiger partial charge >= 0.3 is 0 Å². The van der Waals surface area contributed by atoms with Crippen LogP contribution in [0.5, 0.6) is 0 Å². The Morgan fingerprint density at radius 3 is 2.78 bits per heavy atom. The van der Waals surface area contributed by atoms with Crippen LogP contribution < -0.4 is 5.32 Å². The van der Waals surface area contributed by atoms with Crippen molar-refractivity contribution in [2.24, 2.45) is 0 Å². The number of thioether (sulfide) groups is 1. The highest BCUT2D eigenvalue weighted by Crippen LogP contribution is 2.27. The van der Waals surface area contributed by atoms with E-state index in [1.807, 2.05) is 31.2 Å². The first-order chi connectivity index (χ1) is 13.0. The van der Waals surface area contributed by atoms with Crippen LogP contribution in [-0.2, 0) is 4.79 Å². The average Bonchev–Trinajstić information content (AvgIpc) is 3.12. The number of nitrogens with zero attached hydrogens (tertiary/aromatic N) is 2. The Kier molecular flexibility index (Phi) is 6.20. The minimum absolute atomic E-state index is 0.0132. The monoisotopic (exact) mass is 399 g/mol. The minimum Gasteiger partial charge on any atom is -0.302 e. The van der Waals surface area contributed by atoms with Crippen LogP contribution in [0.2, 0.25) is 0 Å². The van der Waals surface area contributed by atoms with Gasteiger partial charge in [-0.1, -0.05) is 29.8 Å². The lowest BCUT2D eigenvalue weighted by molar-refractivity contribution is -0.384. The van der Waals surface area contributed by atoms with E-state index >= 15 is 0 Å². The maximum atomic E-state index is 12.1. The van der Waals surface area contributed by atoms with E-state index in [9.17, 15) is 14.9 Å². The molecule has 1 aromatic heterocycles. The Morgan fingerprint density at radius 2 is 2.04 bits per heavy atom. The Bertz CT molecular complexity index is 955. The number of nitro groups is 1. The van der Waals surface area contributed by atoms with Gasteiger partial charge in [0.1, 0.15) is 0 Å². The van der Waals surface area contributed by atoms with Crippen molar-refractivity contribution in [2.75, 3.05) is 11.1 Å². The highest BCUT2D eigenvalue weighted by molar-refractivity contribution is 7.99. The fraction of sp³-hybridized carbons (Fsp3) is 0.158. The number of aryl methyl sites for hydroxylation is 1. The Morgan fingerprint density at radius 1 is 1.26 bits per heavy atom. The van der Waals surface area contributed by atoms with Crippen molar-refractivity contribution in [3.63, 3.8) is 0 Å². The van der Waals surface area contributed by atoms with Gasteiger partial charge in [-0.3, -0.25) is 14.9 Å². The van der Waals surface area contributed by atoms with Crippen molar-refractivity contribution in [1.82, 2.24) is 4.98 Å². The molecule has 0 saturated carbocycles. The van der Waals surface area contributed by atoms with Crippen molar-refractivity contribution in [2.45, 2.75) is 18.2 Å². The molecular formula is C19H17N3O3S2. The molecule has 0 atom stereocenters. The number of thiazole rings is 1. The number of non-ortho nitro benzene ring substituents is 1. The van der Waals surface area contributed by atoms with Gasteiger partial charge in [0, 0.05) is 40.1 Å². The number of carbonyl (C=O) groups is 1. The van der Waals surface area contributed by atoms with Gasteiger partial charge in [-0.05, 0) is 19.1 Å². The van der Waals surface area contributed by atoms with Crippen LogP contribution in [0.4, 0.5) is 10.8 Å². The topological polar surface area (TPSA) is 85.1 Å². The minimum atomic E-state index is -0.440. The van der Waals surface area contributed by atoms with Crippen molar-refractivity contribution >= 4 is 39.8 Å². The predicted octanol–water partition coefficient (Wildman–Crippen LogP) is 5.15. The SMILES string of the molecule is Cc1ccc(SCCC(=O)Nc2nc(-c3cccc([N+](=O)[O-])c3)cs2)cc1. The molecule has 0 saturated heterocycles. The number of aromatic nitrogens is 1. The van der Waals surface area contributed by atoms with Crippen LogP contribution in [0.25, 0.3) is 11.3 Å². The van der Waals surface area contributed by atoms with Gasteiger partial charge in [-0.25, -0.2) is 4.98 Å². The second-order valence-electron chi connectivity index (χ2n) is 5.81. The van der Waals surface area contributed by atoms with E-state index in [0.717, 1.165) is 4.90 Å². The fourth-order valence-electron chi connectivity index (χ4n) is 2.32. The summed E-state index contributed by atoms with van der Waals surface area (Å²) < 4.78 is 0. The van der Waals surface area contributed by atoms with Crippen LogP contribution >= 0.6 is 23.1 Å². The predicted molar refractivity (Wildman–Crippen MR) is 109 cm³/mol. The molecule has 8 heteroatoms. The lowest BCUT2D eigenvalue weighted by atomic mass is 10.1. The van der Waals surface area contributed by atoms with E-state index in [4.69, 9.17) is 0 Å². The molecule has 27 heavy (non-hydrogen) atoms. The summed E-state index contributed by atoms with van der Waals surface area (Å²) in [7, 11) is 0. The van der Waals surface area contributed by atoms with Gasteiger partial charge in [-0.2, -0.15) is 0 Å². The lowest BCUT2D eigenvalue weighted by Crippen LogP contribution is -2.11. The quantitative estimate of drug-likeness (QED) is 0.337. The highest BCUT2D eigenvalue weighted by Gasteiger charge is 2.11. The summed E-state index contributed by atoms with van der Waals surface area (Å²) >= 11 is 2.93. The standard InChI is InChI=1S/C19H17N3O3S2/c1-13-5-7-16(8-6-13)26-10-9-18(23)21-19-20-17(12-27-19)14-3-2-4-15(11-14)22(24)25/h2-8,11-12H,9-10H2,1H3,(H,20,21,23). The number of amides is 1. The summed E-state index contributed by atoms with van der Waals surface area (Å²) in [6, 6.07) is 14.5. The number of hydrogen-bond donors (Lipinski definition) is 1. The summed E-state index contributed by atoms with van der Waals surface area (Å²) in [5.74, 6) is 0.576. The molecule has 1 N–H and O–H groups in total. The Balaban J connectivity index is 1.54. The molecule has 6 nitrogen and oxygen atoms in total. The number of rotatable bonds is 7. The fourth-order valence-corrected chi connectivity index (χ4v) is 3.91. The third-order valence-corrected chi connectivity index (χ3v) is 5.49. The molecule has 3 aromatic rings. The number of nitrogens with one attached hydrogen (secondary N) is 1. The van der Waals surface area contributed by atoms with Crippen molar-refractivity contribution in [3.05, 3.63) is 69.6 Å². The first-order valence-corrected chi connectivity index (χ1v) is 10.1. The van der Waals surface area contributed by atoms with Gasteiger partial charge in [0.05, 0.1) is 10.6 Å². The molecule has 1 amide bonds. The molecule has 3 rings (SSSR count). The molecule has 0 aliphatic rings. The van der Waals surface area contributed by atoms with Crippen LogP contribution in [-0.4, -0.2) is 21.6 Å². The Hall–Kier alpha value is -2.71. The molecule has 138 valence electrons. The number of hydrogen-bond acceptors (Lipinski definition) is 6. The van der Waals surface area contributed by atoms with Crippen molar-refractivity contribution in [3.8, 4) is 11.3 Å². The average molecular weight is 399 g/mol. The van der Waals surface area contributed by atoms with E-state index in [1.54, 1.807) is 29.3 Å². The number of anilines is 1. The van der Waals surface area contributed by atoms with Crippen LogP contribution in [0, 0.1) is 17.0 Å². The smallest absolute Gasteiger partial charge is 0.270 e. The van der Waals surface area contributed by atoms with Gasteiger partial charge in [0.25, 0.3) is 5.69 Å². The van der Waals surface area contributed by atoms with E-state index in [2.05, 4.69) is 10.3 Å². The first kappa shape index (κ1) is 19.1. The third-order valence-electron chi connectivity index (χ3n) is 3.72. The van der Waals surface area contributed by atoms with Gasteiger partial charge in [-0.15, -0.1) is 23.1 Å². The normalized spacial score (nSPS) is 10.6. The molecule has 0 aliphatic heterocycles. The molecule has 0 fully saturated rings. The van der Waals surface area contributed by atoms with E-state index in [0.29, 0.717) is 28.6 Å². The Labute approximate surface area is 164 Å². The maximum Gasteiger partial charge on any atom is 0.270 e. The zero-order chi connectivity index (χ0) is 19.2. The highest BCUT2D eigenvalue weighted by atomic mass is 32.2. The lowest BCUT2D eigenvalue weighted by Gasteiger charge is -2.03. The van der Waals surface area contributed by atoms with Gasteiger partial charge in [0.2, 0.25) is 5.91 Å². The van der Waals surface area contributed by atoms with Crippen LogP contribution in [0.3, 0.4) is 0 Å². The van der Waals surface area contributed by atoms with Crippen molar-refractivity contribution in [1.29, 1.82) is 0 Å². The van der Waals surface area contributed by atoms with Crippen LogP contribution in [0.1, 0.15) is 12.0 Å². The summed E-state index contributed by atoms with van der Waals surface area (Å²) in [4.78, 5) is 28.0. The second-order valence-corrected chi connectivity index (χ2v) is 7.83. The molecular weight excluding hydrogens is 382 g/mol. The molecule has 2 aromatic carbocycles. The van der Waals surface area contributed by atoms with Crippen molar-refractivity contribution < 1.29 is 9.72 Å². The second kappa shape index (κ2) is 8.79. The van der Waals surface area contributed by atoms with Crippen LogP contribution in [0.15, 0.2) is 58.8 Å². The van der Waals surface area contributed by atoms with E-state index in [-0.39, 0.29) is 11.6 Å². The third kappa shape index (κ3) is 5.38. The summed E-state index contributed by atoms with van der Waals surface area (Å²) in [5.41, 5.74) is 2.48. The molecule has 0 unspecified atom stereocenters. The maximum absolute atomic E-state index is 12.1. The summed E-state index contributed by atoms with van der Waals surface area (Å²) in [5, 5.41) is 15.9. The number of benzene rings is 2. The van der Waals surface area contributed by atoms with Gasteiger partial charge < -0.3 is 5.32 Å². The molecule has 0 aliphatic carbocycles. The summed E-state index contributed by atoms with van der Waals surface area (Å²) in [6.45, 7) is 2.04. The molecule has 1 heterocycles. The number of carbonyl (C=O) groups excluding carboxylic acids is 1. The largest absolute Gasteiger partial charge is 0.302 e. The molecule has 0 radical (unpaired) electrons. The molecule has 0 bridgehead atoms. The van der Waals surface area contributed by atoms with E-state index in [1.165, 1.54) is 29.0 Å². The van der Waals surface area contributed by atoms with Gasteiger partial charge in [0.15, 0.2) is 5.13 Å². The van der Waals surface area contributed by atoms with E-state index < -0.39 is 4.92 Å². The zero-order valence-electron chi connectivity index (χ0n) is 14.5. The number of nitro benzene ring substituents is 1. The summed E-state index contributed by atoms with van der Waals surface area (Å²) in [6.07, 6.45) is 0.379. The molecule has 0 spiro atoms. The first-order valence-electron chi connectivity index (χ1n) is 8.21. The zero-order valence-corrected chi connectivity index (χ0v) is 16.2.